The number of carboxylic acid groups (broad SMARTS) is 1. The van der Waals surface area contributed by atoms with Crippen LogP contribution >= 0.6 is 0 Å². The number of hydrogen-bond acceptors (Lipinski definition) is 2. The molecule has 6 heteroatoms. The van der Waals surface area contributed by atoms with Crippen LogP contribution in [0.4, 0.5) is 8.78 Å². The first kappa shape index (κ1) is 19.4. The molecule has 1 fully saturated rings. The third-order valence-electron chi connectivity index (χ3n) is 5.89. The first-order valence-electron chi connectivity index (χ1n) is 10.2. The Morgan fingerprint density at radius 2 is 1.94 bits per heavy atom. The summed E-state index contributed by atoms with van der Waals surface area (Å²) in [6.07, 6.45) is 6.08. The van der Waals surface area contributed by atoms with Gasteiger partial charge in [-0.3, -0.25) is 4.98 Å². The normalized spacial score (nSPS) is 13.6. The van der Waals surface area contributed by atoms with Crippen molar-refractivity contribution in [3.8, 4) is 11.1 Å². The molecule has 31 heavy (non-hydrogen) atoms. The van der Waals surface area contributed by atoms with Crippen LogP contribution in [0.5, 0.6) is 0 Å². The summed E-state index contributed by atoms with van der Waals surface area (Å²) in [6.45, 7) is 0. The molecule has 2 heterocycles. The van der Waals surface area contributed by atoms with Gasteiger partial charge >= 0.3 is 5.97 Å². The molecule has 1 N–H and O–H groups in total. The van der Waals surface area contributed by atoms with Crippen molar-refractivity contribution in [1.82, 2.24) is 9.55 Å². The average molecular weight is 418 g/mol. The lowest BCUT2D eigenvalue weighted by Gasteiger charge is -2.12. The third kappa shape index (κ3) is 3.58. The average Bonchev–Trinajstić information content (AvgIpc) is 3.51. The lowest BCUT2D eigenvalue weighted by atomic mass is 9.96. The molecule has 0 amide bonds. The zero-order chi connectivity index (χ0) is 21.7. The van der Waals surface area contributed by atoms with E-state index >= 15 is 0 Å². The highest BCUT2D eigenvalue weighted by atomic mass is 19.1. The number of pyridine rings is 1. The predicted molar refractivity (Wildman–Crippen MR) is 114 cm³/mol. The van der Waals surface area contributed by atoms with E-state index in [2.05, 4.69) is 4.98 Å². The van der Waals surface area contributed by atoms with E-state index in [-0.39, 0.29) is 5.56 Å². The second-order valence-corrected chi connectivity index (χ2v) is 8.15. The Balaban J connectivity index is 1.63. The molecule has 0 bridgehead atoms. The van der Waals surface area contributed by atoms with Gasteiger partial charge in [-0.1, -0.05) is 0 Å². The van der Waals surface area contributed by atoms with E-state index in [1.165, 1.54) is 12.1 Å². The first-order chi connectivity index (χ1) is 14.9. The highest BCUT2D eigenvalue weighted by Gasteiger charge is 2.26. The summed E-state index contributed by atoms with van der Waals surface area (Å²) in [5.41, 5.74) is 4.20. The summed E-state index contributed by atoms with van der Waals surface area (Å²) in [5.74, 6) is -1.87. The van der Waals surface area contributed by atoms with Crippen LogP contribution in [0, 0.1) is 11.6 Å². The standard InChI is InChI=1S/C25H20F2N2O2/c1-29-7-6-16-8-14(9-20(24(16)29)19-5-4-18(26)12-22(19)27)10-23-21(25(30)31)11-17(13-28-23)15-2-3-15/h4-9,11-13,15H,2-3,10H2,1H3,(H,30,31). The minimum Gasteiger partial charge on any atom is -0.478 e. The maximum atomic E-state index is 14.6. The van der Waals surface area contributed by atoms with Crippen molar-refractivity contribution in [2.45, 2.75) is 25.2 Å². The molecule has 4 nitrogen and oxygen atoms in total. The molecule has 0 radical (unpaired) electrons. The molecule has 2 aromatic carbocycles. The largest absolute Gasteiger partial charge is 0.478 e. The summed E-state index contributed by atoms with van der Waals surface area (Å²) < 4.78 is 30.0. The van der Waals surface area contributed by atoms with Gasteiger partial charge in [0.05, 0.1) is 16.8 Å². The number of carboxylic acids is 1. The van der Waals surface area contributed by atoms with E-state index in [1.807, 2.05) is 36.0 Å². The van der Waals surface area contributed by atoms with Crippen LogP contribution in [0.3, 0.4) is 0 Å². The molecule has 1 aliphatic rings. The third-order valence-corrected chi connectivity index (χ3v) is 5.89. The number of benzene rings is 2. The topological polar surface area (TPSA) is 55.1 Å². The summed E-state index contributed by atoms with van der Waals surface area (Å²) in [7, 11) is 1.87. The van der Waals surface area contributed by atoms with Crippen molar-refractivity contribution in [3.05, 3.63) is 88.9 Å². The molecular weight excluding hydrogens is 398 g/mol. The van der Waals surface area contributed by atoms with Gasteiger partial charge in [-0.05, 0) is 66.3 Å². The van der Waals surface area contributed by atoms with E-state index in [1.54, 1.807) is 12.3 Å². The van der Waals surface area contributed by atoms with Crippen molar-refractivity contribution in [1.29, 1.82) is 0 Å². The molecule has 156 valence electrons. The van der Waals surface area contributed by atoms with E-state index in [0.717, 1.165) is 40.9 Å². The van der Waals surface area contributed by atoms with Crippen molar-refractivity contribution in [2.75, 3.05) is 0 Å². The molecule has 0 aliphatic heterocycles. The molecule has 4 aromatic rings. The van der Waals surface area contributed by atoms with E-state index in [0.29, 0.717) is 29.2 Å². The number of fused-ring (bicyclic) bond motifs is 1. The lowest BCUT2D eigenvalue weighted by molar-refractivity contribution is 0.0695. The fourth-order valence-corrected chi connectivity index (χ4v) is 4.19. The van der Waals surface area contributed by atoms with Gasteiger partial charge in [0.2, 0.25) is 0 Å². The number of aromatic nitrogens is 2. The Morgan fingerprint density at radius 3 is 2.65 bits per heavy atom. The van der Waals surface area contributed by atoms with Gasteiger partial charge in [-0.2, -0.15) is 0 Å². The quantitative estimate of drug-likeness (QED) is 0.453. The molecule has 1 saturated carbocycles. The van der Waals surface area contributed by atoms with Crippen molar-refractivity contribution in [2.24, 2.45) is 7.05 Å². The van der Waals surface area contributed by atoms with Crippen LogP contribution < -0.4 is 0 Å². The fraction of sp³-hybridized carbons (Fsp3) is 0.200. The molecule has 0 spiro atoms. The highest BCUT2D eigenvalue weighted by Crippen LogP contribution is 2.40. The summed E-state index contributed by atoms with van der Waals surface area (Å²) in [6, 6.07) is 11.0. The lowest BCUT2D eigenvalue weighted by Crippen LogP contribution is -2.07. The smallest absolute Gasteiger partial charge is 0.337 e. The predicted octanol–water partition coefficient (Wildman–Crippen LogP) is 5.68. The summed E-state index contributed by atoms with van der Waals surface area (Å²) >= 11 is 0. The van der Waals surface area contributed by atoms with Crippen LogP contribution in [0.15, 0.2) is 54.9 Å². The monoisotopic (exact) mass is 418 g/mol. The molecule has 0 atom stereocenters. The summed E-state index contributed by atoms with van der Waals surface area (Å²) in [5, 5.41) is 10.6. The number of aromatic carboxylic acids is 1. The van der Waals surface area contributed by atoms with Crippen molar-refractivity contribution < 1.29 is 18.7 Å². The summed E-state index contributed by atoms with van der Waals surface area (Å²) in [4.78, 5) is 16.3. The van der Waals surface area contributed by atoms with Gasteiger partial charge in [0.25, 0.3) is 0 Å². The Hall–Kier alpha value is -3.54. The highest BCUT2D eigenvalue weighted by molar-refractivity contribution is 5.96. The Labute approximate surface area is 177 Å². The second-order valence-electron chi connectivity index (χ2n) is 8.15. The molecule has 5 rings (SSSR count). The van der Waals surface area contributed by atoms with Gasteiger partial charge in [-0.25, -0.2) is 13.6 Å². The number of carbonyl (C=O) groups is 1. The van der Waals surface area contributed by atoms with E-state index < -0.39 is 17.6 Å². The Bertz CT molecular complexity index is 1340. The first-order valence-corrected chi connectivity index (χ1v) is 10.2. The van der Waals surface area contributed by atoms with Gasteiger partial charge in [-0.15, -0.1) is 0 Å². The molecule has 2 aromatic heterocycles. The van der Waals surface area contributed by atoms with Gasteiger partial charge in [0, 0.05) is 48.4 Å². The number of nitrogens with zero attached hydrogens (tertiary/aromatic N) is 2. The number of aryl methyl sites for hydroxylation is 1. The number of halogens is 2. The van der Waals surface area contributed by atoms with Gasteiger partial charge in [0.15, 0.2) is 0 Å². The van der Waals surface area contributed by atoms with E-state index in [9.17, 15) is 18.7 Å². The molecule has 1 aliphatic carbocycles. The van der Waals surface area contributed by atoms with E-state index in [4.69, 9.17) is 0 Å². The number of hydrogen-bond donors (Lipinski definition) is 1. The Morgan fingerprint density at radius 1 is 1.13 bits per heavy atom. The molecule has 0 saturated heterocycles. The van der Waals surface area contributed by atoms with Crippen LogP contribution in [0.25, 0.3) is 22.0 Å². The minimum atomic E-state index is -1.00. The molecular formula is C25H20F2N2O2. The maximum Gasteiger partial charge on any atom is 0.337 e. The second kappa shape index (κ2) is 7.30. The Kier molecular flexibility index (Phi) is 4.58. The van der Waals surface area contributed by atoms with Crippen molar-refractivity contribution in [3.63, 3.8) is 0 Å². The van der Waals surface area contributed by atoms with Crippen LogP contribution in [-0.2, 0) is 13.5 Å². The van der Waals surface area contributed by atoms with Crippen LogP contribution in [0.2, 0.25) is 0 Å². The maximum absolute atomic E-state index is 14.6. The fourth-order valence-electron chi connectivity index (χ4n) is 4.19. The SMILES string of the molecule is Cn1ccc2cc(Cc3ncc(C4CC4)cc3C(=O)O)cc(-c3ccc(F)cc3F)c21. The zero-order valence-corrected chi connectivity index (χ0v) is 16.9. The van der Waals surface area contributed by atoms with Crippen LogP contribution in [0.1, 0.15) is 45.9 Å². The van der Waals surface area contributed by atoms with Crippen molar-refractivity contribution >= 4 is 16.9 Å². The minimum absolute atomic E-state index is 0.201. The van der Waals surface area contributed by atoms with Crippen LogP contribution in [-0.4, -0.2) is 20.6 Å². The zero-order valence-electron chi connectivity index (χ0n) is 16.9. The van der Waals surface area contributed by atoms with Gasteiger partial charge < -0.3 is 9.67 Å². The molecule has 0 unspecified atom stereocenters. The van der Waals surface area contributed by atoms with Gasteiger partial charge in [0.1, 0.15) is 11.6 Å². The number of rotatable bonds is 5.